The number of aromatic nitrogens is 2. The van der Waals surface area contributed by atoms with Crippen molar-refractivity contribution in [3.8, 4) is 5.75 Å². The first-order valence-electron chi connectivity index (χ1n) is 6.76. The number of aryl methyl sites for hydroxylation is 2. The average Bonchev–Trinajstić information content (AvgIpc) is 2.71. The molecule has 1 heterocycles. The highest BCUT2D eigenvalue weighted by Gasteiger charge is 2.15. The summed E-state index contributed by atoms with van der Waals surface area (Å²) in [7, 11) is 1.68. The molecular formula is C15H23N3O. The molecule has 0 saturated carbocycles. The van der Waals surface area contributed by atoms with Crippen molar-refractivity contribution in [2.24, 2.45) is 5.73 Å². The van der Waals surface area contributed by atoms with Crippen molar-refractivity contribution in [2.45, 2.75) is 45.7 Å². The number of nitrogens with two attached hydrogens (primary N) is 1. The Morgan fingerprint density at radius 1 is 1.37 bits per heavy atom. The first-order chi connectivity index (χ1) is 8.94. The smallest absolute Gasteiger partial charge is 0.121 e. The molecule has 2 aromatic rings. The van der Waals surface area contributed by atoms with Crippen molar-refractivity contribution in [2.75, 3.05) is 7.11 Å². The molecular weight excluding hydrogens is 238 g/mol. The molecule has 0 unspecified atom stereocenters. The van der Waals surface area contributed by atoms with Crippen molar-refractivity contribution in [3.63, 3.8) is 0 Å². The molecule has 4 nitrogen and oxygen atoms in total. The molecule has 2 rings (SSSR count). The lowest BCUT2D eigenvalue weighted by Gasteiger charge is -2.18. The molecule has 0 aliphatic rings. The Hall–Kier alpha value is -1.55. The minimum absolute atomic E-state index is 0.158. The van der Waals surface area contributed by atoms with E-state index in [1.807, 2.05) is 12.1 Å². The molecule has 104 valence electrons. The highest BCUT2D eigenvalue weighted by Crippen LogP contribution is 2.23. The standard InChI is InChI=1S/C15H23N3O/c1-5-18-13-7-6-11(19-4)10-12(13)17-14(18)8-9-15(2,3)16/h6-7,10H,5,8-9,16H2,1-4H3. The Balaban J connectivity index is 2.37. The summed E-state index contributed by atoms with van der Waals surface area (Å²) in [5.74, 6) is 1.95. The highest BCUT2D eigenvalue weighted by atomic mass is 16.5. The maximum absolute atomic E-state index is 6.06. The van der Waals surface area contributed by atoms with E-state index in [-0.39, 0.29) is 5.54 Å². The Morgan fingerprint density at radius 3 is 2.68 bits per heavy atom. The van der Waals surface area contributed by atoms with Crippen molar-refractivity contribution in [1.82, 2.24) is 9.55 Å². The summed E-state index contributed by atoms with van der Waals surface area (Å²) in [6, 6.07) is 6.03. The van der Waals surface area contributed by atoms with Gasteiger partial charge in [0.15, 0.2) is 0 Å². The average molecular weight is 261 g/mol. The van der Waals surface area contributed by atoms with Crippen molar-refractivity contribution >= 4 is 11.0 Å². The fourth-order valence-corrected chi connectivity index (χ4v) is 2.26. The van der Waals surface area contributed by atoms with Crippen LogP contribution in [0.2, 0.25) is 0 Å². The van der Waals surface area contributed by atoms with Crippen LogP contribution in [0.5, 0.6) is 5.75 Å². The zero-order valence-electron chi connectivity index (χ0n) is 12.2. The van der Waals surface area contributed by atoms with E-state index in [4.69, 9.17) is 15.5 Å². The van der Waals surface area contributed by atoms with Crippen molar-refractivity contribution < 1.29 is 4.74 Å². The van der Waals surface area contributed by atoms with E-state index < -0.39 is 0 Å². The maximum atomic E-state index is 6.06. The third-order valence-corrected chi connectivity index (χ3v) is 3.34. The molecule has 2 N–H and O–H groups in total. The van der Waals surface area contributed by atoms with Crippen LogP contribution in [-0.2, 0) is 13.0 Å². The van der Waals surface area contributed by atoms with Crippen LogP contribution in [-0.4, -0.2) is 22.2 Å². The second kappa shape index (κ2) is 5.21. The molecule has 19 heavy (non-hydrogen) atoms. The normalized spacial score (nSPS) is 12.1. The number of methoxy groups -OCH3 is 1. The molecule has 0 bridgehead atoms. The fourth-order valence-electron chi connectivity index (χ4n) is 2.26. The highest BCUT2D eigenvalue weighted by molar-refractivity contribution is 5.77. The van der Waals surface area contributed by atoms with Gasteiger partial charge in [0.05, 0.1) is 18.1 Å². The Morgan fingerprint density at radius 2 is 2.11 bits per heavy atom. The van der Waals surface area contributed by atoms with E-state index in [1.54, 1.807) is 7.11 Å². The van der Waals surface area contributed by atoms with Gasteiger partial charge in [-0.05, 0) is 39.3 Å². The number of ether oxygens (including phenoxy) is 1. The van der Waals surface area contributed by atoms with Gasteiger partial charge < -0.3 is 15.0 Å². The molecule has 0 aliphatic carbocycles. The lowest BCUT2D eigenvalue weighted by molar-refractivity contribution is 0.415. The van der Waals surface area contributed by atoms with E-state index in [0.717, 1.165) is 42.0 Å². The molecule has 0 aliphatic heterocycles. The number of hydrogen-bond acceptors (Lipinski definition) is 3. The van der Waals surface area contributed by atoms with Crippen LogP contribution in [0.25, 0.3) is 11.0 Å². The molecule has 0 radical (unpaired) electrons. The third kappa shape index (κ3) is 3.07. The van der Waals surface area contributed by atoms with E-state index in [9.17, 15) is 0 Å². The molecule has 1 aromatic carbocycles. The van der Waals surface area contributed by atoms with Gasteiger partial charge in [0.1, 0.15) is 11.6 Å². The lowest BCUT2D eigenvalue weighted by Crippen LogP contribution is -2.32. The van der Waals surface area contributed by atoms with Gasteiger partial charge in [0.2, 0.25) is 0 Å². The van der Waals surface area contributed by atoms with Gasteiger partial charge >= 0.3 is 0 Å². The summed E-state index contributed by atoms with van der Waals surface area (Å²) in [5.41, 5.74) is 8.05. The van der Waals surface area contributed by atoms with Crippen LogP contribution in [0.1, 0.15) is 33.0 Å². The number of hydrogen-bond donors (Lipinski definition) is 1. The molecule has 4 heteroatoms. The SMILES string of the molecule is CCn1c(CCC(C)(C)N)nc2cc(OC)ccc21. The lowest BCUT2D eigenvalue weighted by atomic mass is 10.00. The number of fused-ring (bicyclic) bond motifs is 1. The summed E-state index contributed by atoms with van der Waals surface area (Å²) in [6.07, 6.45) is 1.82. The van der Waals surface area contributed by atoms with E-state index in [0.29, 0.717) is 0 Å². The Bertz CT molecular complexity index is 567. The van der Waals surface area contributed by atoms with Gasteiger partial charge in [-0.1, -0.05) is 0 Å². The zero-order valence-corrected chi connectivity index (χ0v) is 12.2. The first kappa shape index (κ1) is 13.9. The van der Waals surface area contributed by atoms with Gasteiger partial charge in [0.25, 0.3) is 0 Å². The first-order valence-corrected chi connectivity index (χ1v) is 6.76. The van der Waals surface area contributed by atoms with Gasteiger partial charge in [0, 0.05) is 24.6 Å². The number of imidazole rings is 1. The van der Waals surface area contributed by atoms with Crippen LogP contribution in [0.15, 0.2) is 18.2 Å². The zero-order chi connectivity index (χ0) is 14.0. The Labute approximate surface area is 114 Å². The van der Waals surface area contributed by atoms with Gasteiger partial charge in [-0.25, -0.2) is 4.98 Å². The summed E-state index contributed by atoms with van der Waals surface area (Å²) < 4.78 is 7.50. The second-order valence-corrected chi connectivity index (χ2v) is 5.62. The fraction of sp³-hybridized carbons (Fsp3) is 0.533. The molecule has 0 amide bonds. The van der Waals surface area contributed by atoms with Crippen LogP contribution in [0, 0.1) is 0 Å². The van der Waals surface area contributed by atoms with E-state index in [2.05, 4.69) is 31.4 Å². The number of rotatable bonds is 5. The quantitative estimate of drug-likeness (QED) is 0.900. The molecule has 0 spiro atoms. The van der Waals surface area contributed by atoms with Crippen LogP contribution < -0.4 is 10.5 Å². The minimum atomic E-state index is -0.158. The summed E-state index contributed by atoms with van der Waals surface area (Å²) in [6.45, 7) is 7.16. The topological polar surface area (TPSA) is 53.1 Å². The van der Waals surface area contributed by atoms with Crippen molar-refractivity contribution in [3.05, 3.63) is 24.0 Å². The number of nitrogens with zero attached hydrogens (tertiary/aromatic N) is 2. The van der Waals surface area contributed by atoms with Crippen LogP contribution in [0.3, 0.4) is 0 Å². The van der Waals surface area contributed by atoms with Crippen molar-refractivity contribution in [1.29, 1.82) is 0 Å². The molecule has 0 saturated heterocycles. The second-order valence-electron chi connectivity index (χ2n) is 5.62. The minimum Gasteiger partial charge on any atom is -0.497 e. The van der Waals surface area contributed by atoms with Crippen LogP contribution >= 0.6 is 0 Å². The third-order valence-electron chi connectivity index (χ3n) is 3.34. The van der Waals surface area contributed by atoms with E-state index >= 15 is 0 Å². The van der Waals surface area contributed by atoms with Gasteiger partial charge in [-0.15, -0.1) is 0 Å². The Kier molecular flexibility index (Phi) is 3.80. The van der Waals surface area contributed by atoms with Gasteiger partial charge in [-0.2, -0.15) is 0 Å². The summed E-state index contributed by atoms with van der Waals surface area (Å²) in [5, 5.41) is 0. The summed E-state index contributed by atoms with van der Waals surface area (Å²) in [4.78, 5) is 4.72. The molecule has 0 fully saturated rings. The number of benzene rings is 1. The summed E-state index contributed by atoms with van der Waals surface area (Å²) >= 11 is 0. The molecule has 1 aromatic heterocycles. The van der Waals surface area contributed by atoms with Crippen LogP contribution in [0.4, 0.5) is 0 Å². The monoisotopic (exact) mass is 261 g/mol. The predicted octanol–water partition coefficient (Wildman–Crippen LogP) is 2.73. The van der Waals surface area contributed by atoms with Gasteiger partial charge in [-0.3, -0.25) is 0 Å². The maximum Gasteiger partial charge on any atom is 0.121 e. The largest absolute Gasteiger partial charge is 0.497 e. The predicted molar refractivity (Wildman–Crippen MR) is 78.5 cm³/mol. The molecule has 0 atom stereocenters. The van der Waals surface area contributed by atoms with E-state index in [1.165, 1.54) is 0 Å².